The molecule has 2 nitrogen and oxygen atoms in total. The molecule has 20 heavy (non-hydrogen) atoms. The summed E-state index contributed by atoms with van der Waals surface area (Å²) in [7, 11) is 0. The standard InChI is InChI=1S/C18H26O2/c1-17-7-5-12(19)9-11(17)10-13-14-3-4-16(20)18(14,2)8-6-15(13)17/h9,13-16,20H,3-8,10H2,1-2H3/t13-,14+,15-,16+,17-,18+/m1/s1. The van der Waals surface area contributed by atoms with Gasteiger partial charge in [-0.2, -0.15) is 0 Å². The first-order valence-corrected chi connectivity index (χ1v) is 8.37. The minimum absolute atomic E-state index is 0.0977. The van der Waals surface area contributed by atoms with Gasteiger partial charge in [-0.05, 0) is 73.2 Å². The van der Waals surface area contributed by atoms with E-state index in [1.54, 1.807) is 0 Å². The Labute approximate surface area is 121 Å². The summed E-state index contributed by atoms with van der Waals surface area (Å²) in [6.07, 6.45) is 9.41. The van der Waals surface area contributed by atoms with Gasteiger partial charge >= 0.3 is 0 Å². The van der Waals surface area contributed by atoms with Crippen molar-refractivity contribution >= 4 is 5.78 Å². The number of aliphatic hydroxyl groups is 1. The summed E-state index contributed by atoms with van der Waals surface area (Å²) in [5.41, 5.74) is 1.87. The minimum Gasteiger partial charge on any atom is -0.393 e. The number of allylic oxidation sites excluding steroid dienone is 2. The Hall–Kier alpha value is -0.630. The second kappa shape index (κ2) is 3.97. The molecule has 4 rings (SSSR count). The molecule has 3 saturated carbocycles. The number of ketones is 1. The molecular formula is C18H26O2. The van der Waals surface area contributed by atoms with E-state index in [9.17, 15) is 9.90 Å². The lowest BCUT2D eigenvalue weighted by molar-refractivity contribution is -0.116. The normalized spacial score (nSPS) is 54.1. The highest BCUT2D eigenvalue weighted by Gasteiger charge is 2.60. The van der Waals surface area contributed by atoms with Gasteiger partial charge in [-0.15, -0.1) is 0 Å². The Balaban J connectivity index is 1.72. The molecule has 3 fully saturated rings. The highest BCUT2D eigenvalue weighted by atomic mass is 16.3. The molecule has 0 amide bonds. The summed E-state index contributed by atoms with van der Waals surface area (Å²) >= 11 is 0. The van der Waals surface area contributed by atoms with E-state index in [4.69, 9.17) is 0 Å². The number of hydrogen-bond acceptors (Lipinski definition) is 2. The third kappa shape index (κ3) is 1.46. The average molecular weight is 274 g/mol. The van der Waals surface area contributed by atoms with Crippen LogP contribution in [0.5, 0.6) is 0 Å². The van der Waals surface area contributed by atoms with Crippen LogP contribution in [0.25, 0.3) is 0 Å². The van der Waals surface area contributed by atoms with Crippen LogP contribution in [0.1, 0.15) is 58.8 Å². The molecule has 110 valence electrons. The molecule has 0 radical (unpaired) electrons. The maximum absolute atomic E-state index is 11.8. The maximum atomic E-state index is 11.8. The largest absolute Gasteiger partial charge is 0.393 e. The highest BCUT2D eigenvalue weighted by molar-refractivity contribution is 5.91. The number of rotatable bonds is 0. The maximum Gasteiger partial charge on any atom is 0.155 e. The zero-order valence-corrected chi connectivity index (χ0v) is 12.7. The van der Waals surface area contributed by atoms with Crippen LogP contribution in [-0.4, -0.2) is 17.0 Å². The number of hydrogen-bond donors (Lipinski definition) is 1. The lowest BCUT2D eigenvalue weighted by atomic mass is 9.56. The Morgan fingerprint density at radius 2 is 1.95 bits per heavy atom. The lowest BCUT2D eigenvalue weighted by Crippen LogP contribution is -2.44. The van der Waals surface area contributed by atoms with E-state index in [2.05, 4.69) is 13.8 Å². The van der Waals surface area contributed by atoms with Crippen molar-refractivity contribution in [2.45, 2.75) is 64.9 Å². The van der Waals surface area contributed by atoms with Crippen LogP contribution in [0.3, 0.4) is 0 Å². The lowest BCUT2D eigenvalue weighted by Gasteiger charge is -2.48. The van der Waals surface area contributed by atoms with Gasteiger partial charge in [-0.1, -0.05) is 19.4 Å². The summed E-state index contributed by atoms with van der Waals surface area (Å²) < 4.78 is 0. The first-order chi connectivity index (χ1) is 9.45. The van der Waals surface area contributed by atoms with Crippen LogP contribution in [0, 0.1) is 28.6 Å². The van der Waals surface area contributed by atoms with Gasteiger partial charge in [0.05, 0.1) is 6.10 Å². The molecule has 4 aliphatic rings. The Morgan fingerprint density at radius 3 is 2.75 bits per heavy atom. The quantitative estimate of drug-likeness (QED) is 0.734. The fourth-order valence-corrected chi connectivity index (χ4v) is 6.28. The minimum atomic E-state index is -0.0977. The molecule has 0 unspecified atom stereocenters. The van der Waals surface area contributed by atoms with E-state index in [1.165, 1.54) is 24.8 Å². The molecule has 0 bridgehead atoms. The van der Waals surface area contributed by atoms with Crippen LogP contribution in [0.2, 0.25) is 0 Å². The molecule has 1 N–H and O–H groups in total. The van der Waals surface area contributed by atoms with Gasteiger partial charge in [0.25, 0.3) is 0 Å². The van der Waals surface area contributed by atoms with Crippen molar-refractivity contribution in [1.82, 2.24) is 0 Å². The molecule has 2 heteroatoms. The Kier molecular flexibility index (Phi) is 2.59. The molecule has 0 spiro atoms. The van der Waals surface area contributed by atoms with Crippen molar-refractivity contribution in [1.29, 1.82) is 0 Å². The highest BCUT2D eigenvalue weighted by Crippen LogP contribution is 2.67. The van der Waals surface area contributed by atoms with Crippen molar-refractivity contribution in [2.75, 3.05) is 0 Å². The molecular weight excluding hydrogens is 248 g/mol. The van der Waals surface area contributed by atoms with E-state index in [0.717, 1.165) is 31.6 Å². The number of fused-ring (bicyclic) bond motifs is 5. The fourth-order valence-electron chi connectivity index (χ4n) is 6.28. The molecule has 0 aromatic rings. The summed E-state index contributed by atoms with van der Waals surface area (Å²) in [6, 6.07) is 0. The zero-order valence-electron chi connectivity index (χ0n) is 12.7. The fraction of sp³-hybridized carbons (Fsp3) is 0.833. The Bertz CT molecular complexity index is 494. The molecule has 4 aliphatic carbocycles. The van der Waals surface area contributed by atoms with Crippen molar-refractivity contribution in [3.63, 3.8) is 0 Å². The van der Waals surface area contributed by atoms with Gasteiger partial charge in [-0.25, -0.2) is 0 Å². The predicted octanol–water partition coefficient (Wildman–Crippen LogP) is 3.49. The van der Waals surface area contributed by atoms with Gasteiger partial charge in [0.15, 0.2) is 5.78 Å². The van der Waals surface area contributed by atoms with Crippen molar-refractivity contribution < 1.29 is 9.90 Å². The predicted molar refractivity (Wildman–Crippen MR) is 78.1 cm³/mol. The van der Waals surface area contributed by atoms with Crippen LogP contribution in [0.15, 0.2) is 11.6 Å². The van der Waals surface area contributed by atoms with Gasteiger partial charge in [-0.3, -0.25) is 4.79 Å². The topological polar surface area (TPSA) is 37.3 Å². The average Bonchev–Trinajstić information content (AvgIpc) is 2.86. The van der Waals surface area contributed by atoms with E-state index in [-0.39, 0.29) is 16.9 Å². The molecule has 0 heterocycles. The molecule has 0 aromatic heterocycles. The third-order valence-corrected chi connectivity index (χ3v) is 7.62. The number of carbonyl (C=O) groups excluding carboxylic acids is 1. The second-order valence-electron chi connectivity index (χ2n) is 8.27. The van der Waals surface area contributed by atoms with Crippen molar-refractivity contribution in [3.05, 3.63) is 11.6 Å². The first kappa shape index (κ1) is 13.1. The molecule has 6 atom stereocenters. The summed E-state index contributed by atoms with van der Waals surface area (Å²) in [5, 5.41) is 10.4. The van der Waals surface area contributed by atoms with E-state index < -0.39 is 0 Å². The van der Waals surface area contributed by atoms with E-state index in [1.807, 2.05) is 6.08 Å². The van der Waals surface area contributed by atoms with E-state index in [0.29, 0.717) is 17.6 Å². The van der Waals surface area contributed by atoms with Gasteiger partial charge in [0.1, 0.15) is 0 Å². The number of aliphatic hydroxyl groups excluding tert-OH is 1. The Morgan fingerprint density at radius 1 is 1.15 bits per heavy atom. The molecule has 0 aromatic carbocycles. The van der Waals surface area contributed by atoms with Gasteiger partial charge in [0, 0.05) is 6.42 Å². The summed E-state index contributed by atoms with van der Waals surface area (Å²) in [6.45, 7) is 4.72. The first-order valence-electron chi connectivity index (χ1n) is 8.37. The van der Waals surface area contributed by atoms with Gasteiger partial charge < -0.3 is 5.11 Å². The third-order valence-electron chi connectivity index (χ3n) is 7.62. The van der Waals surface area contributed by atoms with Gasteiger partial charge in [0.2, 0.25) is 0 Å². The van der Waals surface area contributed by atoms with Crippen LogP contribution in [-0.2, 0) is 4.79 Å². The molecule has 0 saturated heterocycles. The SMILES string of the molecule is C[C@]12CC[C@@H]3[C@H](CC4=CC(=O)CC[C@]43C)[C@@H]1CC[C@@H]2O. The van der Waals surface area contributed by atoms with Crippen LogP contribution < -0.4 is 0 Å². The van der Waals surface area contributed by atoms with Crippen LogP contribution in [0.4, 0.5) is 0 Å². The van der Waals surface area contributed by atoms with Crippen molar-refractivity contribution in [2.24, 2.45) is 28.6 Å². The second-order valence-corrected chi connectivity index (χ2v) is 8.27. The zero-order chi connectivity index (χ0) is 14.1. The van der Waals surface area contributed by atoms with Crippen LogP contribution >= 0.6 is 0 Å². The summed E-state index contributed by atoms with van der Waals surface area (Å²) in [4.78, 5) is 11.8. The van der Waals surface area contributed by atoms with E-state index >= 15 is 0 Å². The smallest absolute Gasteiger partial charge is 0.155 e. The number of carbonyl (C=O) groups is 1. The molecule has 0 aliphatic heterocycles. The summed E-state index contributed by atoms with van der Waals surface area (Å²) in [5.74, 6) is 2.48. The van der Waals surface area contributed by atoms with Crippen molar-refractivity contribution in [3.8, 4) is 0 Å². The monoisotopic (exact) mass is 274 g/mol.